The lowest BCUT2D eigenvalue weighted by atomic mass is 9.95. The average molecular weight is 257 g/mol. The van der Waals surface area contributed by atoms with Crippen LogP contribution in [0.3, 0.4) is 0 Å². The molecule has 1 aromatic carbocycles. The zero-order valence-electron chi connectivity index (χ0n) is 11.4. The lowest BCUT2D eigenvalue weighted by Crippen LogP contribution is -2.11. The Hall–Kier alpha value is -1.74. The van der Waals surface area contributed by atoms with Gasteiger partial charge in [-0.15, -0.1) is 0 Å². The third kappa shape index (κ3) is 2.04. The van der Waals surface area contributed by atoms with Crippen molar-refractivity contribution in [1.29, 1.82) is 0 Å². The van der Waals surface area contributed by atoms with Crippen LogP contribution in [0.25, 0.3) is 5.69 Å². The van der Waals surface area contributed by atoms with Crippen molar-refractivity contribution in [2.75, 3.05) is 7.11 Å². The van der Waals surface area contributed by atoms with Crippen LogP contribution >= 0.6 is 0 Å². The minimum Gasteiger partial charge on any atom is -0.495 e. The zero-order chi connectivity index (χ0) is 13.4. The van der Waals surface area contributed by atoms with E-state index in [2.05, 4.69) is 17.6 Å². The second-order valence-electron chi connectivity index (χ2n) is 5.17. The van der Waals surface area contributed by atoms with Crippen LogP contribution in [0, 0.1) is 6.92 Å². The molecule has 1 atom stereocenters. The van der Waals surface area contributed by atoms with Crippen molar-refractivity contribution in [2.24, 2.45) is 0 Å². The molecule has 3 rings (SSSR count). The van der Waals surface area contributed by atoms with Crippen LogP contribution in [-0.2, 0) is 6.42 Å². The number of hydrogen-bond donors (Lipinski definition) is 1. The molecule has 0 saturated heterocycles. The maximum atomic E-state index is 10.1. The van der Waals surface area contributed by atoms with Gasteiger partial charge in [0.2, 0.25) is 0 Å². The van der Waals surface area contributed by atoms with Gasteiger partial charge in [-0.2, -0.15) is 0 Å². The number of hydrogen-bond acceptors (Lipinski definition) is 2. The van der Waals surface area contributed by atoms with Crippen molar-refractivity contribution < 1.29 is 9.84 Å². The fourth-order valence-corrected chi connectivity index (χ4v) is 2.88. The van der Waals surface area contributed by atoms with Crippen molar-refractivity contribution in [2.45, 2.75) is 32.3 Å². The van der Waals surface area contributed by atoms with E-state index in [1.807, 2.05) is 24.4 Å². The number of methoxy groups -OCH3 is 1. The summed E-state index contributed by atoms with van der Waals surface area (Å²) < 4.78 is 7.61. The number of fused-ring (bicyclic) bond motifs is 1. The van der Waals surface area contributed by atoms with Crippen molar-refractivity contribution in [3.63, 3.8) is 0 Å². The van der Waals surface area contributed by atoms with Gasteiger partial charge in [0.05, 0.1) is 18.9 Å². The molecule has 0 saturated carbocycles. The summed E-state index contributed by atoms with van der Waals surface area (Å²) in [6.07, 6.45) is 4.63. The van der Waals surface area contributed by atoms with E-state index in [0.717, 1.165) is 36.3 Å². The normalized spacial score (nSPS) is 18.2. The largest absolute Gasteiger partial charge is 0.495 e. The number of ether oxygens (including phenoxy) is 1. The number of nitrogens with zero attached hydrogens (tertiary/aromatic N) is 1. The number of benzene rings is 1. The van der Waals surface area contributed by atoms with E-state index in [9.17, 15) is 5.11 Å². The van der Waals surface area contributed by atoms with E-state index in [-0.39, 0.29) is 6.10 Å². The van der Waals surface area contributed by atoms with E-state index >= 15 is 0 Å². The van der Waals surface area contributed by atoms with E-state index in [4.69, 9.17) is 4.74 Å². The van der Waals surface area contributed by atoms with Gasteiger partial charge >= 0.3 is 0 Å². The first kappa shape index (κ1) is 12.3. The van der Waals surface area contributed by atoms with Crippen LogP contribution < -0.4 is 4.74 Å². The smallest absolute Gasteiger partial charge is 0.142 e. The Bertz CT molecular complexity index is 601. The van der Waals surface area contributed by atoms with Gasteiger partial charge in [0, 0.05) is 17.5 Å². The van der Waals surface area contributed by atoms with Gasteiger partial charge in [0.25, 0.3) is 0 Å². The molecule has 0 aliphatic heterocycles. The zero-order valence-corrected chi connectivity index (χ0v) is 11.4. The Morgan fingerprint density at radius 3 is 2.95 bits per heavy atom. The van der Waals surface area contributed by atoms with Crippen molar-refractivity contribution in [3.8, 4) is 11.4 Å². The molecule has 1 aliphatic carbocycles. The molecule has 1 aliphatic rings. The summed E-state index contributed by atoms with van der Waals surface area (Å²) >= 11 is 0. The first-order valence-electron chi connectivity index (χ1n) is 6.74. The third-order valence-electron chi connectivity index (χ3n) is 3.87. The van der Waals surface area contributed by atoms with Gasteiger partial charge in [-0.05, 0) is 49.9 Å². The Morgan fingerprint density at radius 1 is 1.32 bits per heavy atom. The van der Waals surface area contributed by atoms with E-state index in [0.29, 0.717) is 0 Å². The molecule has 3 heteroatoms. The fourth-order valence-electron chi connectivity index (χ4n) is 2.88. The summed E-state index contributed by atoms with van der Waals surface area (Å²) in [5, 5.41) is 10.1. The van der Waals surface area contributed by atoms with Crippen LogP contribution in [0.1, 0.15) is 35.8 Å². The highest BCUT2D eigenvalue weighted by molar-refractivity contribution is 5.51. The van der Waals surface area contributed by atoms with Gasteiger partial charge in [0.15, 0.2) is 0 Å². The predicted molar refractivity (Wildman–Crippen MR) is 75.0 cm³/mol. The molecule has 2 aromatic rings. The molecule has 0 bridgehead atoms. The molecule has 0 amide bonds. The Morgan fingerprint density at radius 2 is 2.16 bits per heavy atom. The first-order valence-corrected chi connectivity index (χ1v) is 6.74. The fraction of sp³-hybridized carbons (Fsp3) is 0.375. The predicted octanol–water partition coefficient (Wildman–Crippen LogP) is 3.16. The van der Waals surface area contributed by atoms with Crippen molar-refractivity contribution >= 4 is 0 Å². The minimum absolute atomic E-state index is 0.319. The first-order chi connectivity index (χ1) is 9.20. The second-order valence-corrected chi connectivity index (χ2v) is 5.17. The lowest BCUT2D eigenvalue weighted by molar-refractivity contribution is 0.156. The van der Waals surface area contributed by atoms with Gasteiger partial charge in [-0.3, -0.25) is 0 Å². The van der Waals surface area contributed by atoms with Gasteiger partial charge in [0.1, 0.15) is 5.75 Å². The molecule has 100 valence electrons. The van der Waals surface area contributed by atoms with Crippen LogP contribution in [-0.4, -0.2) is 16.8 Å². The van der Waals surface area contributed by atoms with Crippen LogP contribution in [0.2, 0.25) is 0 Å². The van der Waals surface area contributed by atoms with Crippen LogP contribution in [0.15, 0.2) is 30.5 Å². The molecule has 1 unspecified atom stereocenters. The molecule has 1 N–H and O–H groups in total. The summed E-state index contributed by atoms with van der Waals surface area (Å²) in [7, 11) is 1.69. The Kier molecular flexibility index (Phi) is 3.07. The molecule has 3 nitrogen and oxygen atoms in total. The molecule has 0 spiro atoms. The Balaban J connectivity index is 2.15. The van der Waals surface area contributed by atoms with Gasteiger partial charge < -0.3 is 14.4 Å². The highest BCUT2D eigenvalue weighted by Crippen LogP contribution is 2.34. The average Bonchev–Trinajstić information content (AvgIpc) is 2.84. The SMILES string of the molecule is COc1ccc(C)cc1-n1ccc2c1CCCC2O. The number of aromatic nitrogens is 1. The van der Waals surface area contributed by atoms with Crippen molar-refractivity contribution in [3.05, 3.63) is 47.3 Å². The highest BCUT2D eigenvalue weighted by Gasteiger charge is 2.22. The van der Waals surface area contributed by atoms with Crippen LogP contribution in [0.5, 0.6) is 5.75 Å². The molecule has 1 heterocycles. The standard InChI is InChI=1S/C16H19NO2/c1-11-6-7-16(19-2)14(10-11)17-9-8-12-13(17)4-3-5-15(12)18/h6-10,15,18H,3-5H2,1-2H3. The summed E-state index contributed by atoms with van der Waals surface area (Å²) in [5.41, 5.74) is 4.53. The maximum Gasteiger partial charge on any atom is 0.142 e. The third-order valence-corrected chi connectivity index (χ3v) is 3.87. The van der Waals surface area contributed by atoms with Crippen molar-refractivity contribution in [1.82, 2.24) is 4.57 Å². The number of rotatable bonds is 2. The monoisotopic (exact) mass is 257 g/mol. The lowest BCUT2D eigenvalue weighted by Gasteiger charge is -2.21. The topological polar surface area (TPSA) is 34.4 Å². The van der Waals surface area contributed by atoms with E-state index in [1.165, 1.54) is 11.3 Å². The maximum absolute atomic E-state index is 10.1. The van der Waals surface area contributed by atoms with E-state index in [1.54, 1.807) is 7.11 Å². The summed E-state index contributed by atoms with van der Waals surface area (Å²) in [4.78, 5) is 0. The molecular formula is C16H19NO2. The van der Waals surface area contributed by atoms with E-state index < -0.39 is 0 Å². The van der Waals surface area contributed by atoms with Gasteiger partial charge in [-0.25, -0.2) is 0 Å². The number of aliphatic hydroxyl groups is 1. The summed E-state index contributed by atoms with van der Waals surface area (Å²) in [6, 6.07) is 8.20. The number of aliphatic hydroxyl groups excluding tert-OH is 1. The quantitative estimate of drug-likeness (QED) is 0.896. The summed E-state index contributed by atoms with van der Waals surface area (Å²) in [6.45, 7) is 2.08. The highest BCUT2D eigenvalue weighted by atomic mass is 16.5. The van der Waals surface area contributed by atoms with Gasteiger partial charge in [-0.1, -0.05) is 6.07 Å². The molecule has 0 fully saturated rings. The molecule has 1 aromatic heterocycles. The second kappa shape index (κ2) is 4.74. The minimum atomic E-state index is -0.319. The molecule has 19 heavy (non-hydrogen) atoms. The molecular weight excluding hydrogens is 238 g/mol. The van der Waals surface area contributed by atoms with Crippen LogP contribution in [0.4, 0.5) is 0 Å². The molecule has 0 radical (unpaired) electrons. The summed E-state index contributed by atoms with van der Waals surface area (Å²) in [5.74, 6) is 0.865. The number of aryl methyl sites for hydroxylation is 1. The Labute approximate surface area is 113 Å².